The molecule has 0 amide bonds. The SMILES string of the molecule is CC(=Nn1c(C)nnc1C)c1ccc([N+](=O)[O-])cc1. The Morgan fingerprint density at radius 2 is 1.74 bits per heavy atom. The van der Waals surface area contributed by atoms with E-state index < -0.39 is 4.92 Å². The molecule has 1 aromatic heterocycles. The van der Waals surface area contributed by atoms with Gasteiger partial charge in [0.05, 0.1) is 10.6 Å². The van der Waals surface area contributed by atoms with Crippen molar-refractivity contribution >= 4 is 11.4 Å². The summed E-state index contributed by atoms with van der Waals surface area (Å²) in [5, 5.41) is 22.8. The summed E-state index contributed by atoms with van der Waals surface area (Å²) in [6.45, 7) is 5.46. The Morgan fingerprint density at radius 3 is 2.21 bits per heavy atom. The van der Waals surface area contributed by atoms with E-state index in [1.807, 2.05) is 20.8 Å². The molecule has 0 saturated carbocycles. The van der Waals surface area contributed by atoms with Gasteiger partial charge in [-0.15, -0.1) is 10.2 Å². The largest absolute Gasteiger partial charge is 0.269 e. The molecule has 0 radical (unpaired) electrons. The summed E-state index contributed by atoms with van der Waals surface area (Å²) < 4.78 is 1.64. The van der Waals surface area contributed by atoms with Crippen molar-refractivity contribution in [1.29, 1.82) is 0 Å². The van der Waals surface area contributed by atoms with Gasteiger partial charge >= 0.3 is 0 Å². The highest BCUT2D eigenvalue weighted by atomic mass is 16.6. The molecule has 0 bridgehead atoms. The second-order valence-electron chi connectivity index (χ2n) is 4.10. The summed E-state index contributed by atoms with van der Waals surface area (Å²) in [4.78, 5) is 10.2. The van der Waals surface area contributed by atoms with E-state index in [0.717, 1.165) is 11.3 Å². The molecule has 2 rings (SSSR count). The Labute approximate surface area is 109 Å². The van der Waals surface area contributed by atoms with Crippen LogP contribution in [0.2, 0.25) is 0 Å². The van der Waals surface area contributed by atoms with Crippen molar-refractivity contribution < 1.29 is 4.92 Å². The molecule has 0 saturated heterocycles. The Balaban J connectivity index is 2.34. The van der Waals surface area contributed by atoms with Gasteiger partial charge in [0.15, 0.2) is 11.6 Å². The van der Waals surface area contributed by atoms with Crippen LogP contribution in [0.1, 0.15) is 24.1 Å². The van der Waals surface area contributed by atoms with Crippen LogP contribution in [-0.2, 0) is 0 Å². The van der Waals surface area contributed by atoms with E-state index >= 15 is 0 Å². The second-order valence-corrected chi connectivity index (χ2v) is 4.10. The minimum absolute atomic E-state index is 0.0632. The number of nitrogens with zero attached hydrogens (tertiary/aromatic N) is 5. The number of non-ortho nitro benzene ring substituents is 1. The minimum atomic E-state index is -0.426. The van der Waals surface area contributed by atoms with Crippen molar-refractivity contribution in [3.05, 3.63) is 51.6 Å². The molecule has 0 aliphatic carbocycles. The van der Waals surface area contributed by atoms with E-state index in [0.29, 0.717) is 11.6 Å². The van der Waals surface area contributed by atoms with Crippen LogP contribution in [0.5, 0.6) is 0 Å². The molecule has 0 N–H and O–H groups in total. The number of hydrogen-bond acceptors (Lipinski definition) is 5. The van der Waals surface area contributed by atoms with Crippen LogP contribution >= 0.6 is 0 Å². The highest BCUT2D eigenvalue weighted by molar-refractivity contribution is 5.98. The third kappa shape index (κ3) is 2.65. The summed E-state index contributed by atoms with van der Waals surface area (Å²) in [5.41, 5.74) is 1.62. The molecule has 0 aliphatic rings. The molecule has 7 heteroatoms. The Kier molecular flexibility index (Phi) is 3.37. The number of benzene rings is 1. The van der Waals surface area contributed by atoms with Crippen molar-refractivity contribution in [2.75, 3.05) is 0 Å². The first-order valence-corrected chi connectivity index (χ1v) is 5.68. The summed E-state index contributed by atoms with van der Waals surface area (Å²) in [7, 11) is 0. The molecule has 98 valence electrons. The maximum atomic E-state index is 10.6. The van der Waals surface area contributed by atoms with Crippen molar-refractivity contribution in [3.63, 3.8) is 0 Å². The van der Waals surface area contributed by atoms with Crippen LogP contribution in [0.3, 0.4) is 0 Å². The highest BCUT2D eigenvalue weighted by Crippen LogP contribution is 2.13. The molecule has 1 heterocycles. The van der Waals surface area contributed by atoms with E-state index in [-0.39, 0.29) is 5.69 Å². The fraction of sp³-hybridized carbons (Fsp3) is 0.250. The molecule has 2 aromatic rings. The maximum Gasteiger partial charge on any atom is 0.269 e. The van der Waals surface area contributed by atoms with E-state index in [1.165, 1.54) is 12.1 Å². The van der Waals surface area contributed by atoms with Crippen molar-refractivity contribution in [3.8, 4) is 0 Å². The third-order valence-corrected chi connectivity index (χ3v) is 2.70. The first kappa shape index (κ1) is 12.9. The van der Waals surface area contributed by atoms with Crippen LogP contribution in [0.4, 0.5) is 5.69 Å². The average molecular weight is 259 g/mol. The van der Waals surface area contributed by atoms with Gasteiger partial charge in [0.2, 0.25) is 0 Å². The number of nitro benzene ring substituents is 1. The van der Waals surface area contributed by atoms with Gasteiger partial charge in [-0.25, -0.2) is 4.68 Å². The Bertz CT molecular complexity index is 623. The quantitative estimate of drug-likeness (QED) is 0.479. The molecule has 0 fully saturated rings. The number of rotatable bonds is 3. The summed E-state index contributed by atoms with van der Waals surface area (Å²) >= 11 is 0. The van der Waals surface area contributed by atoms with Gasteiger partial charge in [-0.3, -0.25) is 10.1 Å². The van der Waals surface area contributed by atoms with Gasteiger partial charge in [0.1, 0.15) is 0 Å². The lowest BCUT2D eigenvalue weighted by molar-refractivity contribution is -0.384. The summed E-state index contributed by atoms with van der Waals surface area (Å²) in [6, 6.07) is 6.26. The van der Waals surface area contributed by atoms with Gasteiger partial charge in [-0.05, 0) is 38.5 Å². The Morgan fingerprint density at radius 1 is 1.21 bits per heavy atom. The summed E-state index contributed by atoms with van der Waals surface area (Å²) in [6.07, 6.45) is 0. The number of aromatic nitrogens is 3. The minimum Gasteiger partial charge on any atom is -0.258 e. The summed E-state index contributed by atoms with van der Waals surface area (Å²) in [5.74, 6) is 1.39. The Hall–Kier alpha value is -2.57. The molecule has 0 aliphatic heterocycles. The van der Waals surface area contributed by atoms with Gasteiger partial charge in [0.25, 0.3) is 5.69 Å². The predicted octanol–water partition coefficient (Wildman–Crippen LogP) is 2.08. The van der Waals surface area contributed by atoms with E-state index in [9.17, 15) is 10.1 Å². The first-order valence-electron chi connectivity index (χ1n) is 5.68. The average Bonchev–Trinajstić information content (AvgIpc) is 2.70. The van der Waals surface area contributed by atoms with Crippen molar-refractivity contribution in [1.82, 2.24) is 14.9 Å². The molecule has 0 spiro atoms. The lowest BCUT2D eigenvalue weighted by Crippen LogP contribution is -2.03. The van der Waals surface area contributed by atoms with Gasteiger partial charge in [-0.1, -0.05) is 0 Å². The molecule has 0 unspecified atom stereocenters. The van der Waals surface area contributed by atoms with Crippen LogP contribution < -0.4 is 0 Å². The number of nitro groups is 1. The van der Waals surface area contributed by atoms with Crippen molar-refractivity contribution in [2.24, 2.45) is 5.10 Å². The second kappa shape index (κ2) is 4.97. The first-order chi connectivity index (χ1) is 8.99. The zero-order valence-electron chi connectivity index (χ0n) is 10.9. The fourth-order valence-electron chi connectivity index (χ4n) is 1.64. The van der Waals surface area contributed by atoms with Crippen LogP contribution in [0.25, 0.3) is 0 Å². The van der Waals surface area contributed by atoms with Crippen LogP contribution in [0, 0.1) is 24.0 Å². The fourth-order valence-corrected chi connectivity index (χ4v) is 1.64. The number of aryl methyl sites for hydroxylation is 2. The molecule has 0 atom stereocenters. The third-order valence-electron chi connectivity index (χ3n) is 2.70. The van der Waals surface area contributed by atoms with Gasteiger partial charge < -0.3 is 0 Å². The van der Waals surface area contributed by atoms with E-state index in [4.69, 9.17) is 0 Å². The van der Waals surface area contributed by atoms with Crippen molar-refractivity contribution in [2.45, 2.75) is 20.8 Å². The lowest BCUT2D eigenvalue weighted by atomic mass is 10.1. The van der Waals surface area contributed by atoms with Gasteiger partial charge in [0, 0.05) is 12.1 Å². The maximum absolute atomic E-state index is 10.6. The normalized spacial score (nSPS) is 11.6. The topological polar surface area (TPSA) is 86.2 Å². The zero-order valence-corrected chi connectivity index (χ0v) is 10.9. The van der Waals surface area contributed by atoms with E-state index in [1.54, 1.807) is 16.8 Å². The zero-order chi connectivity index (χ0) is 14.0. The molecule has 7 nitrogen and oxygen atoms in total. The lowest BCUT2D eigenvalue weighted by Gasteiger charge is -2.03. The van der Waals surface area contributed by atoms with Gasteiger partial charge in [-0.2, -0.15) is 5.10 Å². The van der Waals surface area contributed by atoms with Crippen LogP contribution in [-0.4, -0.2) is 25.5 Å². The van der Waals surface area contributed by atoms with Crippen LogP contribution in [0.15, 0.2) is 29.4 Å². The molecular formula is C12H13N5O2. The number of hydrogen-bond donors (Lipinski definition) is 0. The standard InChI is InChI=1S/C12H13N5O2/c1-8(15-16-9(2)13-14-10(16)3)11-4-6-12(7-5-11)17(18)19/h4-7H,1-3H3. The molecule has 1 aromatic carbocycles. The monoisotopic (exact) mass is 259 g/mol. The smallest absolute Gasteiger partial charge is 0.258 e. The molecular weight excluding hydrogens is 246 g/mol. The molecule has 19 heavy (non-hydrogen) atoms. The highest BCUT2D eigenvalue weighted by Gasteiger charge is 2.07. The predicted molar refractivity (Wildman–Crippen MR) is 70.2 cm³/mol. The van der Waals surface area contributed by atoms with E-state index in [2.05, 4.69) is 15.3 Å².